The van der Waals surface area contributed by atoms with Gasteiger partial charge >= 0.3 is 0 Å². The first-order valence-corrected chi connectivity index (χ1v) is 4.10. The van der Waals surface area contributed by atoms with E-state index in [4.69, 9.17) is 0 Å². The zero-order valence-corrected chi connectivity index (χ0v) is 6.68. The molecule has 0 aromatic heterocycles. The van der Waals surface area contributed by atoms with Crippen LogP contribution in [0.3, 0.4) is 0 Å². The molecule has 58 valence electrons. The van der Waals surface area contributed by atoms with E-state index in [9.17, 15) is 4.79 Å². The summed E-state index contributed by atoms with van der Waals surface area (Å²) in [5.74, 6) is 0.570. The standard InChI is InChI=1S/C8H15NO/c1-3-5-7-6(4-2)8(10)9-7/h6-7H,3-5H2,1-2H3,(H,9,10)/t6-,7-/m0/s1. The van der Waals surface area contributed by atoms with Gasteiger partial charge < -0.3 is 5.32 Å². The van der Waals surface area contributed by atoms with Gasteiger partial charge in [-0.25, -0.2) is 0 Å². The number of amides is 1. The molecule has 0 spiro atoms. The molecule has 1 amide bonds. The molecule has 1 rings (SSSR count). The van der Waals surface area contributed by atoms with Crippen molar-refractivity contribution in [1.29, 1.82) is 0 Å². The van der Waals surface area contributed by atoms with E-state index < -0.39 is 0 Å². The minimum Gasteiger partial charge on any atom is -0.352 e. The first-order chi connectivity index (χ1) is 4.79. The second-order valence-electron chi connectivity index (χ2n) is 2.92. The van der Waals surface area contributed by atoms with Gasteiger partial charge in [0.05, 0.1) is 5.92 Å². The van der Waals surface area contributed by atoms with Crippen LogP contribution in [0.1, 0.15) is 33.1 Å². The lowest BCUT2D eigenvalue weighted by Gasteiger charge is -2.36. The SMILES string of the molecule is CCC[C@@H]1NC(=O)[C@H]1CC. The van der Waals surface area contributed by atoms with E-state index in [0.29, 0.717) is 12.0 Å². The summed E-state index contributed by atoms with van der Waals surface area (Å²) in [5.41, 5.74) is 0. The maximum Gasteiger partial charge on any atom is 0.225 e. The molecule has 1 N–H and O–H groups in total. The lowest BCUT2D eigenvalue weighted by atomic mass is 9.85. The highest BCUT2D eigenvalue weighted by molar-refractivity contribution is 5.85. The van der Waals surface area contributed by atoms with Crippen molar-refractivity contribution in [3.63, 3.8) is 0 Å². The fourth-order valence-electron chi connectivity index (χ4n) is 1.53. The topological polar surface area (TPSA) is 29.1 Å². The van der Waals surface area contributed by atoms with Gasteiger partial charge in [-0.1, -0.05) is 20.3 Å². The molecule has 10 heavy (non-hydrogen) atoms. The zero-order valence-electron chi connectivity index (χ0n) is 6.68. The lowest BCUT2D eigenvalue weighted by molar-refractivity contribution is -0.135. The third-order valence-corrected chi connectivity index (χ3v) is 2.19. The van der Waals surface area contributed by atoms with Crippen LogP contribution >= 0.6 is 0 Å². The fraction of sp³-hybridized carbons (Fsp3) is 0.875. The van der Waals surface area contributed by atoms with Crippen molar-refractivity contribution >= 4 is 5.91 Å². The summed E-state index contributed by atoms with van der Waals surface area (Å²) < 4.78 is 0. The Kier molecular flexibility index (Phi) is 2.30. The van der Waals surface area contributed by atoms with Gasteiger partial charge in [-0.2, -0.15) is 0 Å². The molecule has 0 aromatic rings. The van der Waals surface area contributed by atoms with Gasteiger partial charge in [0.15, 0.2) is 0 Å². The Bertz CT molecular complexity index is 133. The highest BCUT2D eigenvalue weighted by Crippen LogP contribution is 2.21. The second kappa shape index (κ2) is 3.04. The average Bonchev–Trinajstić information content (AvgIpc) is 1.88. The van der Waals surface area contributed by atoms with Crippen LogP contribution in [-0.2, 0) is 4.79 Å². The molecule has 1 fully saturated rings. The number of rotatable bonds is 3. The van der Waals surface area contributed by atoms with E-state index >= 15 is 0 Å². The molecule has 0 aliphatic carbocycles. The molecule has 0 aromatic carbocycles. The first-order valence-electron chi connectivity index (χ1n) is 4.10. The molecular formula is C8H15NO. The van der Waals surface area contributed by atoms with Crippen LogP contribution in [-0.4, -0.2) is 11.9 Å². The predicted molar refractivity (Wildman–Crippen MR) is 40.6 cm³/mol. The molecule has 0 radical (unpaired) electrons. The second-order valence-corrected chi connectivity index (χ2v) is 2.92. The summed E-state index contributed by atoms with van der Waals surface area (Å²) in [7, 11) is 0. The van der Waals surface area contributed by atoms with Crippen LogP contribution < -0.4 is 5.32 Å². The molecule has 1 aliphatic rings. The van der Waals surface area contributed by atoms with Gasteiger partial charge in [0.2, 0.25) is 5.91 Å². The predicted octanol–water partition coefficient (Wildman–Crippen LogP) is 1.31. The summed E-state index contributed by atoms with van der Waals surface area (Å²) in [6.45, 7) is 4.23. The first kappa shape index (κ1) is 7.58. The smallest absolute Gasteiger partial charge is 0.225 e. The van der Waals surface area contributed by atoms with Crippen LogP contribution in [0.5, 0.6) is 0 Å². The third kappa shape index (κ3) is 1.15. The quantitative estimate of drug-likeness (QED) is 0.590. The van der Waals surface area contributed by atoms with Gasteiger partial charge in [-0.05, 0) is 12.8 Å². The minimum absolute atomic E-state index is 0.251. The molecule has 0 bridgehead atoms. The number of hydrogen-bond acceptors (Lipinski definition) is 1. The van der Waals surface area contributed by atoms with Gasteiger partial charge in [0.1, 0.15) is 0 Å². The van der Waals surface area contributed by atoms with Crippen molar-refractivity contribution in [2.24, 2.45) is 5.92 Å². The van der Waals surface area contributed by atoms with Crippen molar-refractivity contribution in [2.45, 2.75) is 39.2 Å². The fourth-order valence-corrected chi connectivity index (χ4v) is 1.53. The summed E-state index contributed by atoms with van der Waals surface area (Å²) in [6, 6.07) is 0.488. The summed E-state index contributed by atoms with van der Waals surface area (Å²) in [6.07, 6.45) is 3.31. The molecule has 0 saturated carbocycles. The molecular weight excluding hydrogens is 126 g/mol. The van der Waals surface area contributed by atoms with Crippen molar-refractivity contribution in [1.82, 2.24) is 5.32 Å². The highest BCUT2D eigenvalue weighted by Gasteiger charge is 2.36. The number of carbonyl (C=O) groups excluding carboxylic acids is 1. The van der Waals surface area contributed by atoms with Crippen LogP contribution in [0, 0.1) is 5.92 Å². The molecule has 2 nitrogen and oxygen atoms in total. The zero-order chi connectivity index (χ0) is 7.56. The number of β-lactam (4-membered cyclic amide) rings is 1. The Morgan fingerprint density at radius 2 is 2.20 bits per heavy atom. The van der Waals surface area contributed by atoms with E-state index in [-0.39, 0.29) is 5.91 Å². The maximum atomic E-state index is 10.8. The molecule has 2 heteroatoms. The monoisotopic (exact) mass is 141 g/mol. The van der Waals surface area contributed by atoms with Crippen LogP contribution in [0.15, 0.2) is 0 Å². The van der Waals surface area contributed by atoms with E-state index in [0.717, 1.165) is 12.8 Å². The molecule has 1 saturated heterocycles. The summed E-state index contributed by atoms with van der Waals surface area (Å²) in [5, 5.41) is 2.91. The van der Waals surface area contributed by atoms with Crippen molar-refractivity contribution in [3.05, 3.63) is 0 Å². The Balaban J connectivity index is 2.30. The maximum absolute atomic E-state index is 10.8. The van der Waals surface area contributed by atoms with Crippen LogP contribution in [0.2, 0.25) is 0 Å². The number of carbonyl (C=O) groups is 1. The molecule has 0 unspecified atom stereocenters. The van der Waals surface area contributed by atoms with Crippen LogP contribution in [0.4, 0.5) is 0 Å². The number of nitrogens with one attached hydrogen (secondary N) is 1. The molecule has 1 aliphatic heterocycles. The van der Waals surface area contributed by atoms with E-state index in [1.54, 1.807) is 0 Å². The van der Waals surface area contributed by atoms with Crippen LogP contribution in [0.25, 0.3) is 0 Å². The Hall–Kier alpha value is -0.530. The van der Waals surface area contributed by atoms with E-state index in [1.165, 1.54) is 6.42 Å². The Morgan fingerprint density at radius 3 is 2.60 bits per heavy atom. The third-order valence-electron chi connectivity index (χ3n) is 2.19. The normalized spacial score (nSPS) is 31.2. The lowest BCUT2D eigenvalue weighted by Crippen LogP contribution is -2.57. The van der Waals surface area contributed by atoms with Crippen molar-refractivity contribution in [3.8, 4) is 0 Å². The van der Waals surface area contributed by atoms with E-state index in [1.807, 2.05) is 0 Å². The Morgan fingerprint density at radius 1 is 1.50 bits per heavy atom. The average molecular weight is 141 g/mol. The molecule has 2 atom stereocenters. The van der Waals surface area contributed by atoms with E-state index in [2.05, 4.69) is 19.2 Å². The summed E-state index contributed by atoms with van der Waals surface area (Å²) >= 11 is 0. The van der Waals surface area contributed by atoms with Crippen molar-refractivity contribution < 1.29 is 4.79 Å². The van der Waals surface area contributed by atoms with Gasteiger partial charge in [-0.15, -0.1) is 0 Å². The van der Waals surface area contributed by atoms with Gasteiger partial charge in [0, 0.05) is 6.04 Å². The summed E-state index contributed by atoms with van der Waals surface area (Å²) in [4.78, 5) is 10.8. The number of hydrogen-bond donors (Lipinski definition) is 1. The van der Waals surface area contributed by atoms with Crippen molar-refractivity contribution in [2.75, 3.05) is 0 Å². The molecule has 1 heterocycles. The van der Waals surface area contributed by atoms with Gasteiger partial charge in [0.25, 0.3) is 0 Å². The Labute approximate surface area is 62.0 Å². The minimum atomic E-state index is 0.251. The largest absolute Gasteiger partial charge is 0.352 e. The highest BCUT2D eigenvalue weighted by atomic mass is 16.2. The van der Waals surface area contributed by atoms with Gasteiger partial charge in [-0.3, -0.25) is 4.79 Å².